The predicted molar refractivity (Wildman–Crippen MR) is 71.9 cm³/mol. The lowest BCUT2D eigenvalue weighted by Crippen LogP contribution is -2.21. The number of carbonyl (C=O) groups excluding carboxylic acids is 1. The average Bonchev–Trinajstić information content (AvgIpc) is 2.46. The predicted octanol–water partition coefficient (Wildman–Crippen LogP) is 2.83. The maximum atomic E-state index is 11.7. The van der Waals surface area contributed by atoms with Crippen LogP contribution in [0.15, 0.2) is 48.5 Å². The van der Waals surface area contributed by atoms with Crippen molar-refractivity contribution < 1.29 is 19.4 Å². The van der Waals surface area contributed by atoms with E-state index in [1.165, 1.54) is 6.07 Å². The van der Waals surface area contributed by atoms with E-state index >= 15 is 0 Å². The summed E-state index contributed by atoms with van der Waals surface area (Å²) in [6.45, 7) is 0. The molecular weight excluding hydrogens is 256 g/mol. The molecule has 100 valence electrons. The van der Waals surface area contributed by atoms with Crippen LogP contribution in [0.4, 0.5) is 0 Å². The van der Waals surface area contributed by atoms with Crippen LogP contribution < -0.4 is 4.74 Å². The number of carbonyl (C=O) groups is 2. The van der Waals surface area contributed by atoms with E-state index in [1.807, 2.05) is 30.3 Å². The Hall–Kier alpha value is -2.62. The third kappa shape index (κ3) is 2.16. The summed E-state index contributed by atoms with van der Waals surface area (Å²) in [6, 6.07) is 14.1. The van der Waals surface area contributed by atoms with Crippen LogP contribution in [0.2, 0.25) is 0 Å². The second kappa shape index (κ2) is 4.81. The molecule has 1 aliphatic heterocycles. The van der Waals surface area contributed by atoms with E-state index in [2.05, 4.69) is 0 Å². The maximum Gasteiger partial charge on any atom is 0.335 e. The summed E-state index contributed by atoms with van der Waals surface area (Å²) in [5, 5.41) is 9.09. The van der Waals surface area contributed by atoms with Crippen molar-refractivity contribution in [3.05, 3.63) is 65.2 Å². The van der Waals surface area contributed by atoms with Gasteiger partial charge in [-0.05, 0) is 23.8 Å². The molecule has 4 nitrogen and oxygen atoms in total. The molecule has 0 saturated heterocycles. The largest absolute Gasteiger partial charge is 0.478 e. The summed E-state index contributed by atoms with van der Waals surface area (Å²) in [4.78, 5) is 22.8. The normalized spacial score (nSPS) is 17.2. The quantitative estimate of drug-likeness (QED) is 0.672. The minimum Gasteiger partial charge on any atom is -0.478 e. The fourth-order valence-electron chi connectivity index (χ4n) is 2.47. The Morgan fingerprint density at radius 2 is 1.90 bits per heavy atom. The molecule has 1 N–H and O–H groups in total. The fourth-order valence-corrected chi connectivity index (χ4v) is 2.47. The topological polar surface area (TPSA) is 63.6 Å². The van der Waals surface area contributed by atoms with Gasteiger partial charge in [-0.3, -0.25) is 4.79 Å². The third-order valence-electron chi connectivity index (χ3n) is 3.43. The molecule has 0 bridgehead atoms. The summed E-state index contributed by atoms with van der Waals surface area (Å²) < 4.78 is 5.19. The first-order valence-electron chi connectivity index (χ1n) is 6.28. The molecule has 1 heterocycles. The highest BCUT2D eigenvalue weighted by Gasteiger charge is 2.29. The molecule has 0 saturated carbocycles. The number of hydrogen-bond donors (Lipinski definition) is 1. The zero-order valence-electron chi connectivity index (χ0n) is 10.6. The highest BCUT2D eigenvalue weighted by atomic mass is 16.5. The molecule has 0 aliphatic carbocycles. The van der Waals surface area contributed by atoms with Gasteiger partial charge in [-0.1, -0.05) is 30.3 Å². The van der Waals surface area contributed by atoms with Crippen molar-refractivity contribution in [3.63, 3.8) is 0 Å². The number of hydrogen-bond acceptors (Lipinski definition) is 3. The smallest absolute Gasteiger partial charge is 0.335 e. The van der Waals surface area contributed by atoms with Gasteiger partial charge >= 0.3 is 11.9 Å². The van der Waals surface area contributed by atoms with Gasteiger partial charge in [-0.15, -0.1) is 0 Å². The highest BCUT2D eigenvalue weighted by Crippen LogP contribution is 2.39. The Balaban J connectivity index is 2.12. The molecule has 0 aromatic heterocycles. The van der Waals surface area contributed by atoms with Crippen molar-refractivity contribution in [3.8, 4) is 5.75 Å². The van der Waals surface area contributed by atoms with Gasteiger partial charge in [0.2, 0.25) is 0 Å². The molecule has 3 rings (SSSR count). The van der Waals surface area contributed by atoms with Crippen molar-refractivity contribution in [1.82, 2.24) is 0 Å². The zero-order valence-corrected chi connectivity index (χ0v) is 10.6. The SMILES string of the molecule is O=C1C[C@H](c2ccccc2)c2cc(C(=O)O)ccc2O1. The van der Waals surface area contributed by atoms with Gasteiger partial charge in [-0.25, -0.2) is 4.79 Å². The second-order valence-corrected chi connectivity index (χ2v) is 4.70. The fraction of sp³-hybridized carbons (Fsp3) is 0.125. The van der Waals surface area contributed by atoms with Gasteiger partial charge in [0.15, 0.2) is 0 Å². The molecule has 20 heavy (non-hydrogen) atoms. The average molecular weight is 268 g/mol. The van der Waals surface area contributed by atoms with Crippen LogP contribution in [-0.4, -0.2) is 17.0 Å². The van der Waals surface area contributed by atoms with Gasteiger partial charge in [0.25, 0.3) is 0 Å². The zero-order chi connectivity index (χ0) is 14.1. The number of carboxylic acid groups (broad SMARTS) is 1. The molecule has 0 unspecified atom stereocenters. The molecule has 1 aliphatic rings. The molecule has 4 heteroatoms. The first-order chi connectivity index (χ1) is 9.65. The first-order valence-corrected chi connectivity index (χ1v) is 6.28. The monoisotopic (exact) mass is 268 g/mol. The van der Waals surface area contributed by atoms with E-state index in [0.717, 1.165) is 11.1 Å². The van der Waals surface area contributed by atoms with E-state index in [9.17, 15) is 9.59 Å². The molecule has 1 atom stereocenters. The Morgan fingerprint density at radius 3 is 2.60 bits per heavy atom. The Morgan fingerprint density at radius 1 is 1.15 bits per heavy atom. The van der Waals surface area contributed by atoms with Crippen LogP contribution in [-0.2, 0) is 4.79 Å². The minimum atomic E-state index is -0.989. The highest BCUT2D eigenvalue weighted by molar-refractivity contribution is 5.89. The van der Waals surface area contributed by atoms with Crippen LogP contribution in [0.25, 0.3) is 0 Å². The molecule has 0 spiro atoms. The number of esters is 1. The number of rotatable bonds is 2. The van der Waals surface area contributed by atoms with Crippen molar-refractivity contribution in [1.29, 1.82) is 0 Å². The molecular formula is C16H12O4. The van der Waals surface area contributed by atoms with Crippen LogP contribution in [0.1, 0.15) is 33.8 Å². The van der Waals surface area contributed by atoms with Crippen molar-refractivity contribution in [2.24, 2.45) is 0 Å². The molecule has 0 amide bonds. The maximum absolute atomic E-state index is 11.7. The van der Waals surface area contributed by atoms with Crippen molar-refractivity contribution in [2.45, 2.75) is 12.3 Å². The van der Waals surface area contributed by atoms with Crippen molar-refractivity contribution >= 4 is 11.9 Å². The lowest BCUT2D eigenvalue weighted by molar-refractivity contribution is -0.135. The van der Waals surface area contributed by atoms with E-state index in [1.54, 1.807) is 12.1 Å². The van der Waals surface area contributed by atoms with Crippen LogP contribution in [0, 0.1) is 0 Å². The summed E-state index contributed by atoms with van der Waals surface area (Å²) in [5.74, 6) is -1.00. The number of aromatic carboxylic acids is 1. The van der Waals surface area contributed by atoms with E-state index in [4.69, 9.17) is 9.84 Å². The lowest BCUT2D eigenvalue weighted by atomic mass is 9.85. The number of fused-ring (bicyclic) bond motifs is 1. The number of ether oxygens (including phenoxy) is 1. The van der Waals surface area contributed by atoms with Crippen LogP contribution in [0.3, 0.4) is 0 Å². The Kier molecular flexibility index (Phi) is 2.99. The number of carboxylic acids is 1. The van der Waals surface area contributed by atoms with Gasteiger partial charge < -0.3 is 9.84 Å². The molecule has 0 fully saturated rings. The van der Waals surface area contributed by atoms with E-state index in [-0.39, 0.29) is 23.9 Å². The summed E-state index contributed by atoms with van der Waals surface area (Å²) in [6.07, 6.45) is 0.222. The lowest BCUT2D eigenvalue weighted by Gasteiger charge is -2.25. The first kappa shape index (κ1) is 12.4. The van der Waals surface area contributed by atoms with E-state index in [0.29, 0.717) is 5.75 Å². The standard InChI is InChI=1S/C16H12O4/c17-15-9-12(10-4-2-1-3-5-10)13-8-11(16(18)19)6-7-14(13)20-15/h1-8,12H,9H2,(H,18,19)/t12-/m1/s1. The van der Waals surface area contributed by atoms with Gasteiger partial charge in [-0.2, -0.15) is 0 Å². The Bertz CT molecular complexity index is 676. The van der Waals surface area contributed by atoms with Crippen LogP contribution in [0.5, 0.6) is 5.75 Å². The summed E-state index contributed by atoms with van der Waals surface area (Å²) in [7, 11) is 0. The summed E-state index contributed by atoms with van der Waals surface area (Å²) in [5.41, 5.74) is 1.92. The molecule has 2 aromatic rings. The summed E-state index contributed by atoms with van der Waals surface area (Å²) >= 11 is 0. The minimum absolute atomic E-state index is 0.160. The van der Waals surface area contributed by atoms with E-state index < -0.39 is 5.97 Å². The molecule has 2 aromatic carbocycles. The van der Waals surface area contributed by atoms with Gasteiger partial charge in [0.05, 0.1) is 12.0 Å². The van der Waals surface area contributed by atoms with Gasteiger partial charge in [0.1, 0.15) is 5.75 Å². The number of benzene rings is 2. The van der Waals surface area contributed by atoms with Crippen LogP contribution >= 0.6 is 0 Å². The Labute approximate surface area is 115 Å². The van der Waals surface area contributed by atoms with Crippen molar-refractivity contribution in [2.75, 3.05) is 0 Å². The molecule has 0 radical (unpaired) electrons. The second-order valence-electron chi connectivity index (χ2n) is 4.70. The van der Waals surface area contributed by atoms with Gasteiger partial charge in [0, 0.05) is 11.5 Å². The third-order valence-corrected chi connectivity index (χ3v) is 3.43.